The average molecular weight is 352 g/mol. The topological polar surface area (TPSA) is 81.8 Å². The van der Waals surface area contributed by atoms with E-state index in [-0.39, 0.29) is 30.8 Å². The first-order valence-corrected chi connectivity index (χ1v) is 9.43. The fourth-order valence-electron chi connectivity index (χ4n) is 3.94. The van der Waals surface area contributed by atoms with Crippen LogP contribution in [0.1, 0.15) is 59.8 Å². The molecule has 7 heteroatoms. The third kappa shape index (κ3) is 4.51. The van der Waals surface area contributed by atoms with Crippen LogP contribution < -0.4 is 10.6 Å². The highest BCUT2D eigenvalue weighted by molar-refractivity contribution is 6.07. The Hall–Kier alpha value is -1.63. The van der Waals surface area contributed by atoms with Crippen LogP contribution >= 0.6 is 0 Å². The average Bonchev–Trinajstić information content (AvgIpc) is 3.08. The van der Waals surface area contributed by atoms with E-state index in [4.69, 9.17) is 0 Å². The molecule has 7 nitrogen and oxygen atoms in total. The predicted molar refractivity (Wildman–Crippen MR) is 96.0 cm³/mol. The van der Waals surface area contributed by atoms with Crippen molar-refractivity contribution in [1.29, 1.82) is 0 Å². The number of imide groups is 1. The summed E-state index contributed by atoms with van der Waals surface area (Å²) in [6.07, 6.45) is 3.49. The van der Waals surface area contributed by atoms with Crippen LogP contribution in [-0.2, 0) is 9.59 Å². The summed E-state index contributed by atoms with van der Waals surface area (Å²) in [6.45, 7) is 10.1. The molecule has 1 heterocycles. The standard InChI is InChI=1S/C18H32N4O3/c1-13(2)21(14(3)4)12-10-19-15(23)7-11-22-16(24)18(20-17(22)25)8-5-6-9-18/h13-14H,5-12H2,1-4H3,(H,19,23)(H,20,25). The molecule has 1 aliphatic carbocycles. The maximum Gasteiger partial charge on any atom is 0.325 e. The summed E-state index contributed by atoms with van der Waals surface area (Å²) in [7, 11) is 0. The van der Waals surface area contributed by atoms with Gasteiger partial charge in [0.2, 0.25) is 5.91 Å². The number of nitrogens with zero attached hydrogens (tertiary/aromatic N) is 2. The van der Waals surface area contributed by atoms with E-state index in [1.54, 1.807) is 0 Å². The van der Waals surface area contributed by atoms with Crippen LogP contribution in [-0.4, -0.2) is 64.9 Å². The van der Waals surface area contributed by atoms with Gasteiger partial charge in [0, 0.05) is 38.1 Å². The van der Waals surface area contributed by atoms with Crippen LogP contribution in [0.25, 0.3) is 0 Å². The molecule has 2 fully saturated rings. The third-order valence-corrected chi connectivity index (χ3v) is 5.28. The number of nitrogens with one attached hydrogen (secondary N) is 2. The van der Waals surface area contributed by atoms with Gasteiger partial charge in [-0.3, -0.25) is 19.4 Å². The van der Waals surface area contributed by atoms with Gasteiger partial charge >= 0.3 is 6.03 Å². The molecule has 0 radical (unpaired) electrons. The predicted octanol–water partition coefficient (Wildman–Crippen LogP) is 1.48. The molecule has 142 valence electrons. The van der Waals surface area contributed by atoms with Gasteiger partial charge in [0.05, 0.1) is 0 Å². The summed E-state index contributed by atoms with van der Waals surface area (Å²) in [5.41, 5.74) is -0.692. The van der Waals surface area contributed by atoms with Crippen molar-refractivity contribution in [2.75, 3.05) is 19.6 Å². The van der Waals surface area contributed by atoms with Crippen molar-refractivity contribution in [2.45, 2.75) is 77.4 Å². The zero-order chi connectivity index (χ0) is 18.6. The van der Waals surface area contributed by atoms with Gasteiger partial charge in [-0.25, -0.2) is 4.79 Å². The molecule has 2 aliphatic rings. The molecule has 2 rings (SSSR count). The molecule has 1 saturated carbocycles. The van der Waals surface area contributed by atoms with Gasteiger partial charge in [0.1, 0.15) is 5.54 Å². The smallest absolute Gasteiger partial charge is 0.325 e. The Bertz CT molecular complexity index is 504. The molecule has 1 spiro atoms. The summed E-state index contributed by atoms with van der Waals surface area (Å²) in [4.78, 5) is 40.1. The Kier molecular flexibility index (Phi) is 6.43. The fraction of sp³-hybridized carbons (Fsp3) is 0.833. The number of rotatable bonds is 8. The zero-order valence-electron chi connectivity index (χ0n) is 15.9. The molecule has 1 aliphatic heterocycles. The van der Waals surface area contributed by atoms with Crippen LogP contribution in [0, 0.1) is 0 Å². The lowest BCUT2D eigenvalue weighted by molar-refractivity contribution is -0.131. The molecule has 25 heavy (non-hydrogen) atoms. The second-order valence-corrected chi connectivity index (χ2v) is 7.70. The molecule has 0 aromatic carbocycles. The number of urea groups is 1. The second kappa shape index (κ2) is 8.17. The quantitative estimate of drug-likeness (QED) is 0.648. The van der Waals surface area contributed by atoms with E-state index in [0.717, 1.165) is 19.4 Å². The summed E-state index contributed by atoms with van der Waals surface area (Å²) in [5.74, 6) is -0.283. The van der Waals surface area contributed by atoms with Gasteiger partial charge < -0.3 is 10.6 Å². The third-order valence-electron chi connectivity index (χ3n) is 5.28. The first-order chi connectivity index (χ1) is 11.8. The molecule has 0 atom stereocenters. The maximum atomic E-state index is 12.5. The Balaban J connectivity index is 1.75. The monoisotopic (exact) mass is 352 g/mol. The van der Waals surface area contributed by atoms with Gasteiger partial charge in [-0.2, -0.15) is 0 Å². The minimum Gasteiger partial charge on any atom is -0.355 e. The molecule has 2 N–H and O–H groups in total. The fourth-order valence-corrected chi connectivity index (χ4v) is 3.94. The van der Waals surface area contributed by atoms with Crippen molar-refractivity contribution >= 4 is 17.8 Å². The van der Waals surface area contributed by atoms with Crippen LogP contribution in [0.5, 0.6) is 0 Å². The Morgan fingerprint density at radius 2 is 1.80 bits per heavy atom. The first kappa shape index (κ1) is 19.7. The molecule has 0 unspecified atom stereocenters. The number of amides is 4. The van der Waals surface area contributed by atoms with Gasteiger partial charge in [-0.05, 0) is 40.5 Å². The van der Waals surface area contributed by atoms with E-state index in [9.17, 15) is 14.4 Å². The number of carbonyl (C=O) groups is 3. The Morgan fingerprint density at radius 3 is 2.36 bits per heavy atom. The molecular formula is C18H32N4O3. The lowest BCUT2D eigenvalue weighted by Crippen LogP contribution is -2.44. The summed E-state index contributed by atoms with van der Waals surface area (Å²) >= 11 is 0. The molecule has 0 aromatic rings. The van der Waals surface area contributed by atoms with Gasteiger partial charge in [-0.1, -0.05) is 12.8 Å². The van der Waals surface area contributed by atoms with Crippen molar-refractivity contribution in [3.05, 3.63) is 0 Å². The van der Waals surface area contributed by atoms with E-state index >= 15 is 0 Å². The largest absolute Gasteiger partial charge is 0.355 e. The van der Waals surface area contributed by atoms with Gasteiger partial charge in [0.15, 0.2) is 0 Å². The SMILES string of the molecule is CC(C)N(CCNC(=O)CCN1C(=O)NC2(CCCC2)C1=O)C(C)C. The van der Waals surface area contributed by atoms with Crippen molar-refractivity contribution < 1.29 is 14.4 Å². The summed E-state index contributed by atoms with van der Waals surface area (Å²) in [6, 6.07) is 0.487. The molecular weight excluding hydrogens is 320 g/mol. The van der Waals surface area contributed by atoms with Crippen molar-refractivity contribution in [3.63, 3.8) is 0 Å². The van der Waals surface area contributed by atoms with Crippen LogP contribution in [0.2, 0.25) is 0 Å². The molecule has 0 aromatic heterocycles. The van der Waals surface area contributed by atoms with Gasteiger partial charge in [0.25, 0.3) is 5.91 Å². The van der Waals surface area contributed by atoms with E-state index in [1.807, 2.05) is 0 Å². The molecule has 1 saturated heterocycles. The van der Waals surface area contributed by atoms with E-state index in [1.165, 1.54) is 4.90 Å². The lowest BCUT2D eigenvalue weighted by Gasteiger charge is -2.30. The van der Waals surface area contributed by atoms with E-state index in [2.05, 4.69) is 43.2 Å². The van der Waals surface area contributed by atoms with Crippen molar-refractivity contribution in [3.8, 4) is 0 Å². The minimum absolute atomic E-state index is 0.125. The van der Waals surface area contributed by atoms with Crippen LogP contribution in [0.4, 0.5) is 4.79 Å². The summed E-state index contributed by atoms with van der Waals surface area (Å²) in [5, 5.41) is 5.72. The molecule has 0 bridgehead atoms. The van der Waals surface area contributed by atoms with E-state index in [0.29, 0.717) is 31.5 Å². The highest BCUT2D eigenvalue weighted by atomic mass is 16.2. The summed E-state index contributed by atoms with van der Waals surface area (Å²) < 4.78 is 0. The van der Waals surface area contributed by atoms with Crippen LogP contribution in [0.3, 0.4) is 0 Å². The second-order valence-electron chi connectivity index (χ2n) is 7.70. The molecule has 4 amide bonds. The Morgan fingerprint density at radius 1 is 1.20 bits per heavy atom. The highest BCUT2D eigenvalue weighted by Crippen LogP contribution is 2.34. The van der Waals surface area contributed by atoms with Crippen LogP contribution in [0.15, 0.2) is 0 Å². The number of hydrogen-bond acceptors (Lipinski definition) is 4. The maximum absolute atomic E-state index is 12.5. The van der Waals surface area contributed by atoms with Crippen molar-refractivity contribution in [1.82, 2.24) is 20.4 Å². The number of carbonyl (C=O) groups excluding carboxylic acids is 3. The lowest BCUT2D eigenvalue weighted by atomic mass is 9.98. The van der Waals surface area contributed by atoms with E-state index < -0.39 is 5.54 Å². The zero-order valence-corrected chi connectivity index (χ0v) is 15.9. The number of hydrogen-bond donors (Lipinski definition) is 2. The minimum atomic E-state index is -0.692. The highest BCUT2D eigenvalue weighted by Gasteiger charge is 2.52. The Labute approximate surface area is 150 Å². The normalized spacial score (nSPS) is 19.6. The van der Waals surface area contributed by atoms with Crippen molar-refractivity contribution in [2.24, 2.45) is 0 Å². The first-order valence-electron chi connectivity index (χ1n) is 9.43. The van der Waals surface area contributed by atoms with Gasteiger partial charge in [-0.15, -0.1) is 0 Å².